The molecule has 2 heterocycles. The van der Waals surface area contributed by atoms with Crippen molar-refractivity contribution in [3.8, 4) is 5.75 Å². The predicted octanol–water partition coefficient (Wildman–Crippen LogP) is 6.63. The smallest absolute Gasteiger partial charge is 0.241 e. The molecule has 4 aliphatic rings. The number of fused-ring (bicyclic) bond motifs is 5. The quantitative estimate of drug-likeness (QED) is 0.206. The Labute approximate surface area is 264 Å². The Morgan fingerprint density at radius 2 is 1.44 bits per heavy atom. The highest BCUT2D eigenvalue weighted by atomic mass is 35.5. The molecule has 0 radical (unpaired) electrons. The Morgan fingerprint density at radius 3 is 2.20 bits per heavy atom. The molecule has 4 amide bonds. The van der Waals surface area contributed by atoms with Gasteiger partial charge in [0, 0.05) is 21.9 Å². The van der Waals surface area contributed by atoms with Crippen LogP contribution < -0.4 is 9.80 Å². The van der Waals surface area contributed by atoms with Gasteiger partial charge >= 0.3 is 0 Å². The second kappa shape index (κ2) is 9.88. The van der Waals surface area contributed by atoms with Crippen molar-refractivity contribution in [3.63, 3.8) is 0 Å². The molecule has 0 spiro atoms. The molecule has 0 aromatic heterocycles. The highest BCUT2D eigenvalue weighted by Crippen LogP contribution is 2.64. The van der Waals surface area contributed by atoms with Gasteiger partial charge in [-0.3, -0.25) is 24.1 Å². The summed E-state index contributed by atoms with van der Waals surface area (Å²) < 4.78 is 0. The Bertz CT molecular complexity index is 1970. The number of phenols is 1. The Balaban J connectivity index is 1.30. The zero-order valence-electron chi connectivity index (χ0n) is 24.4. The van der Waals surface area contributed by atoms with Crippen molar-refractivity contribution >= 4 is 57.4 Å². The fourth-order valence-electron chi connectivity index (χ4n) is 8.53. The molecule has 1 saturated carbocycles. The van der Waals surface area contributed by atoms with Crippen LogP contribution in [0, 0.1) is 29.1 Å². The maximum absolute atomic E-state index is 14.6. The van der Waals surface area contributed by atoms with Crippen LogP contribution >= 0.6 is 11.6 Å². The summed E-state index contributed by atoms with van der Waals surface area (Å²) in [5.41, 5.74) is 1.08. The van der Waals surface area contributed by atoms with Crippen molar-refractivity contribution in [2.75, 3.05) is 9.80 Å². The number of phenolic OH excluding ortho intramolecular Hbond substituents is 1. The average Bonchev–Trinajstić information content (AvgIpc) is 3.42. The van der Waals surface area contributed by atoms with Gasteiger partial charge in [-0.15, -0.1) is 0 Å². The lowest BCUT2D eigenvalue weighted by atomic mass is 9.51. The van der Waals surface area contributed by atoms with E-state index in [1.165, 1.54) is 9.80 Å². The van der Waals surface area contributed by atoms with Crippen LogP contribution in [0.1, 0.15) is 31.2 Å². The summed E-state index contributed by atoms with van der Waals surface area (Å²) in [5, 5.41) is 13.8. The maximum atomic E-state index is 14.6. The van der Waals surface area contributed by atoms with E-state index in [1.54, 1.807) is 48.5 Å². The van der Waals surface area contributed by atoms with E-state index < -0.39 is 35.0 Å². The molecular formula is C37H29ClN2O5. The Morgan fingerprint density at radius 1 is 0.756 bits per heavy atom. The lowest BCUT2D eigenvalue weighted by molar-refractivity contribution is -0.131. The monoisotopic (exact) mass is 616 g/mol. The molecule has 7 nitrogen and oxygen atoms in total. The van der Waals surface area contributed by atoms with E-state index in [4.69, 9.17) is 11.6 Å². The maximum Gasteiger partial charge on any atom is 0.241 e. The van der Waals surface area contributed by atoms with Crippen molar-refractivity contribution in [2.24, 2.45) is 29.1 Å². The largest absolute Gasteiger partial charge is 0.507 e. The fraction of sp³-hybridized carbons (Fsp3) is 0.243. The minimum atomic E-state index is -1.23. The summed E-state index contributed by atoms with van der Waals surface area (Å²) in [6.45, 7) is 1.82. The van der Waals surface area contributed by atoms with Gasteiger partial charge in [-0.25, -0.2) is 4.90 Å². The molecule has 6 atom stereocenters. The fourth-order valence-corrected chi connectivity index (χ4v) is 8.66. The van der Waals surface area contributed by atoms with Gasteiger partial charge in [-0.05, 0) is 67.5 Å². The minimum absolute atomic E-state index is 0.0526. The number of nitrogens with zero attached hydrogens (tertiary/aromatic N) is 2. The number of para-hydroxylation sites is 1. The van der Waals surface area contributed by atoms with Crippen LogP contribution in [0.25, 0.3) is 10.8 Å². The Kier molecular flexibility index (Phi) is 6.10. The number of imide groups is 2. The zero-order chi connectivity index (χ0) is 31.2. The third kappa shape index (κ3) is 3.77. The number of carbonyl (C=O) groups is 4. The number of aromatic hydroxyl groups is 1. The predicted molar refractivity (Wildman–Crippen MR) is 171 cm³/mol. The van der Waals surface area contributed by atoms with Gasteiger partial charge in [0.05, 0.1) is 34.5 Å². The molecule has 8 rings (SSSR count). The van der Waals surface area contributed by atoms with Crippen LogP contribution in [0.3, 0.4) is 0 Å². The SMILES string of the molecule is CC12C(=O)N(c3ccccc3)C(=O)C1CC1C(=CCC3C(=O)N(c4ccc(Cl)cc4)C(=O)C31)C2c1ccc2ccccc2c1O. The number of hydrogen-bond donors (Lipinski definition) is 1. The van der Waals surface area contributed by atoms with Gasteiger partial charge in [0.2, 0.25) is 23.6 Å². The molecule has 8 heteroatoms. The normalized spacial score (nSPS) is 29.1. The number of hydrogen-bond acceptors (Lipinski definition) is 5. The highest BCUT2D eigenvalue weighted by Gasteiger charge is 2.68. The molecule has 45 heavy (non-hydrogen) atoms. The van der Waals surface area contributed by atoms with Crippen LogP contribution in [0.15, 0.2) is 103 Å². The topological polar surface area (TPSA) is 95.0 Å². The number of carbonyl (C=O) groups excluding carboxylic acids is 4. The first kappa shape index (κ1) is 27.8. The van der Waals surface area contributed by atoms with E-state index in [9.17, 15) is 24.3 Å². The van der Waals surface area contributed by atoms with Gasteiger partial charge in [0.1, 0.15) is 5.75 Å². The van der Waals surface area contributed by atoms with Crippen molar-refractivity contribution in [1.29, 1.82) is 0 Å². The third-order valence-corrected chi connectivity index (χ3v) is 10.9. The van der Waals surface area contributed by atoms with Gasteiger partial charge in [-0.2, -0.15) is 0 Å². The van der Waals surface area contributed by atoms with Crippen molar-refractivity contribution < 1.29 is 24.3 Å². The zero-order valence-corrected chi connectivity index (χ0v) is 25.1. The number of allylic oxidation sites excluding steroid dienone is 2. The lowest BCUT2D eigenvalue weighted by Crippen LogP contribution is -2.48. The number of amides is 4. The van der Waals surface area contributed by atoms with E-state index in [2.05, 4.69) is 0 Å². The van der Waals surface area contributed by atoms with Gasteiger partial charge in [-0.1, -0.05) is 77.8 Å². The van der Waals surface area contributed by atoms with Crippen molar-refractivity contribution in [2.45, 2.75) is 25.7 Å². The summed E-state index contributed by atoms with van der Waals surface area (Å²) >= 11 is 6.09. The minimum Gasteiger partial charge on any atom is -0.507 e. The first-order chi connectivity index (χ1) is 21.7. The number of benzene rings is 4. The second-order valence-electron chi connectivity index (χ2n) is 12.7. The summed E-state index contributed by atoms with van der Waals surface area (Å²) in [6.07, 6.45) is 2.56. The first-order valence-corrected chi connectivity index (χ1v) is 15.6. The van der Waals surface area contributed by atoms with Crippen molar-refractivity contribution in [3.05, 3.63) is 113 Å². The summed E-state index contributed by atoms with van der Waals surface area (Å²) in [7, 11) is 0. The second-order valence-corrected chi connectivity index (χ2v) is 13.1. The molecule has 2 aliphatic carbocycles. The molecule has 3 fully saturated rings. The molecule has 2 saturated heterocycles. The van der Waals surface area contributed by atoms with Crippen molar-refractivity contribution in [1.82, 2.24) is 0 Å². The standard InChI is InChI=1S/C37H29ClN2O5/c1-37-29(34(43)40(36(37)45)22-8-3-2-4-9-22)19-28-25(31(37)27-16-11-20-7-5-6-10-24(20)32(27)41)17-18-26-30(28)35(44)39(33(26)42)23-14-12-21(38)13-15-23/h2-17,26,28-31,41H,18-19H2,1H3. The molecule has 1 N–H and O–H groups in total. The van der Waals surface area contributed by atoms with Crippen LogP contribution in [0.5, 0.6) is 5.75 Å². The van der Waals surface area contributed by atoms with Crippen LogP contribution in [-0.4, -0.2) is 28.7 Å². The molecular weight excluding hydrogens is 588 g/mol. The Hall–Kier alpha value is -4.75. The van der Waals surface area contributed by atoms with Gasteiger partial charge < -0.3 is 5.11 Å². The van der Waals surface area contributed by atoms with E-state index in [0.29, 0.717) is 33.8 Å². The van der Waals surface area contributed by atoms with E-state index in [1.807, 2.05) is 55.5 Å². The van der Waals surface area contributed by atoms with E-state index in [0.717, 1.165) is 11.0 Å². The van der Waals surface area contributed by atoms with Crippen LogP contribution in [0.4, 0.5) is 11.4 Å². The molecule has 4 aromatic carbocycles. The van der Waals surface area contributed by atoms with Crippen LogP contribution in [-0.2, 0) is 19.2 Å². The van der Waals surface area contributed by atoms with E-state index in [-0.39, 0.29) is 35.8 Å². The average molecular weight is 617 g/mol. The summed E-state index contributed by atoms with van der Waals surface area (Å²) in [6, 6.07) is 26.7. The third-order valence-electron chi connectivity index (χ3n) is 10.6. The summed E-state index contributed by atoms with van der Waals surface area (Å²) in [5.74, 6) is -4.42. The molecule has 0 bridgehead atoms. The lowest BCUT2D eigenvalue weighted by Gasteiger charge is -2.49. The first-order valence-electron chi connectivity index (χ1n) is 15.2. The van der Waals surface area contributed by atoms with E-state index >= 15 is 0 Å². The molecule has 4 aromatic rings. The summed E-state index contributed by atoms with van der Waals surface area (Å²) in [4.78, 5) is 59.4. The van der Waals surface area contributed by atoms with Gasteiger partial charge in [0.25, 0.3) is 0 Å². The molecule has 6 unspecified atom stereocenters. The van der Waals surface area contributed by atoms with Gasteiger partial charge in [0.15, 0.2) is 0 Å². The number of rotatable bonds is 3. The molecule has 2 aliphatic heterocycles. The highest BCUT2D eigenvalue weighted by molar-refractivity contribution is 6.31. The number of anilines is 2. The van der Waals surface area contributed by atoms with Crippen LogP contribution in [0.2, 0.25) is 5.02 Å². The number of halogens is 1. The molecule has 224 valence electrons.